The predicted molar refractivity (Wildman–Crippen MR) is 110 cm³/mol. The summed E-state index contributed by atoms with van der Waals surface area (Å²) in [6, 6.07) is 10.6. The van der Waals surface area contributed by atoms with Crippen LogP contribution in [0.5, 0.6) is 0 Å². The lowest BCUT2D eigenvalue weighted by Gasteiger charge is -2.42. The molecule has 0 fully saturated rings. The van der Waals surface area contributed by atoms with Gasteiger partial charge in [0.1, 0.15) is 17.2 Å². The Morgan fingerprint density at radius 1 is 1.07 bits per heavy atom. The van der Waals surface area contributed by atoms with Gasteiger partial charge in [-0.2, -0.15) is 0 Å². The standard InChI is InChI=1S/C23H26ClFO2/c1-6-14-7-8-15(17-10-9-16(24)12-20(17)25)11-18(14)19-13-22(2,3)27-23(4,5)21(19)26/h7-12,26H,6,13H2,1-5H3. The van der Waals surface area contributed by atoms with Gasteiger partial charge in [0.05, 0.1) is 5.60 Å². The van der Waals surface area contributed by atoms with E-state index in [-0.39, 0.29) is 11.6 Å². The van der Waals surface area contributed by atoms with E-state index < -0.39 is 11.2 Å². The molecule has 0 saturated heterocycles. The van der Waals surface area contributed by atoms with Gasteiger partial charge in [-0.25, -0.2) is 4.39 Å². The fourth-order valence-electron chi connectivity index (χ4n) is 3.93. The largest absolute Gasteiger partial charge is 0.509 e. The number of rotatable bonds is 3. The molecule has 3 rings (SSSR count). The van der Waals surface area contributed by atoms with Gasteiger partial charge in [0, 0.05) is 22.6 Å². The van der Waals surface area contributed by atoms with Crippen molar-refractivity contribution in [1.82, 2.24) is 0 Å². The topological polar surface area (TPSA) is 29.5 Å². The average molecular weight is 389 g/mol. The number of aliphatic hydroxyl groups excluding tert-OH is 1. The second-order valence-corrected chi connectivity index (χ2v) is 8.66. The Bertz CT molecular complexity index is 913. The zero-order chi connectivity index (χ0) is 20.0. The first-order chi connectivity index (χ1) is 12.5. The molecule has 0 bridgehead atoms. The molecular weight excluding hydrogens is 363 g/mol. The van der Waals surface area contributed by atoms with Crippen molar-refractivity contribution >= 4 is 17.2 Å². The Kier molecular flexibility index (Phi) is 5.13. The molecule has 1 aliphatic heterocycles. The van der Waals surface area contributed by atoms with Gasteiger partial charge in [-0.15, -0.1) is 0 Å². The molecule has 144 valence electrons. The summed E-state index contributed by atoms with van der Waals surface area (Å²) < 4.78 is 20.5. The molecule has 0 amide bonds. The average Bonchev–Trinajstić information content (AvgIpc) is 2.57. The van der Waals surface area contributed by atoms with Crippen LogP contribution in [-0.2, 0) is 11.2 Å². The maximum Gasteiger partial charge on any atom is 0.132 e. The number of ether oxygens (including phenoxy) is 1. The zero-order valence-electron chi connectivity index (χ0n) is 16.5. The fourth-order valence-corrected chi connectivity index (χ4v) is 4.09. The van der Waals surface area contributed by atoms with Crippen molar-refractivity contribution in [1.29, 1.82) is 0 Å². The lowest BCUT2D eigenvalue weighted by molar-refractivity contribution is -0.124. The number of aryl methyl sites for hydroxylation is 1. The quantitative estimate of drug-likeness (QED) is 0.616. The minimum Gasteiger partial charge on any atom is -0.509 e. The third-order valence-electron chi connectivity index (χ3n) is 5.05. The van der Waals surface area contributed by atoms with E-state index in [0.29, 0.717) is 17.0 Å². The molecule has 2 aromatic carbocycles. The van der Waals surface area contributed by atoms with Gasteiger partial charge < -0.3 is 9.84 Å². The Morgan fingerprint density at radius 3 is 2.41 bits per heavy atom. The Hall–Kier alpha value is -1.84. The van der Waals surface area contributed by atoms with Crippen LogP contribution in [0.3, 0.4) is 0 Å². The van der Waals surface area contributed by atoms with Gasteiger partial charge in [0.2, 0.25) is 0 Å². The van der Waals surface area contributed by atoms with Crippen LogP contribution in [0.1, 0.15) is 52.2 Å². The van der Waals surface area contributed by atoms with E-state index >= 15 is 0 Å². The molecule has 0 atom stereocenters. The van der Waals surface area contributed by atoms with Crippen LogP contribution >= 0.6 is 11.6 Å². The second-order valence-electron chi connectivity index (χ2n) is 8.23. The highest BCUT2D eigenvalue weighted by Gasteiger charge is 2.41. The van der Waals surface area contributed by atoms with E-state index in [1.807, 2.05) is 45.9 Å². The van der Waals surface area contributed by atoms with E-state index in [1.165, 1.54) is 6.07 Å². The summed E-state index contributed by atoms with van der Waals surface area (Å²) in [6.45, 7) is 9.87. The monoisotopic (exact) mass is 388 g/mol. The summed E-state index contributed by atoms with van der Waals surface area (Å²) in [5, 5.41) is 11.3. The summed E-state index contributed by atoms with van der Waals surface area (Å²) >= 11 is 5.89. The lowest BCUT2D eigenvalue weighted by Crippen LogP contribution is -2.43. The number of hydrogen-bond acceptors (Lipinski definition) is 2. The minimum absolute atomic E-state index is 0.241. The zero-order valence-corrected chi connectivity index (χ0v) is 17.2. The first-order valence-electron chi connectivity index (χ1n) is 9.25. The van der Waals surface area contributed by atoms with Crippen LogP contribution < -0.4 is 0 Å². The molecule has 0 aliphatic carbocycles. The smallest absolute Gasteiger partial charge is 0.132 e. The molecule has 2 nitrogen and oxygen atoms in total. The van der Waals surface area contributed by atoms with Crippen LogP contribution in [0.4, 0.5) is 4.39 Å². The summed E-state index contributed by atoms with van der Waals surface area (Å²) in [5.74, 6) is -0.117. The first-order valence-corrected chi connectivity index (χ1v) is 9.63. The third kappa shape index (κ3) is 3.90. The van der Waals surface area contributed by atoms with Crippen molar-refractivity contribution in [3.63, 3.8) is 0 Å². The van der Waals surface area contributed by atoms with E-state index in [1.54, 1.807) is 12.1 Å². The van der Waals surface area contributed by atoms with E-state index in [4.69, 9.17) is 16.3 Å². The molecular formula is C23H26ClFO2. The van der Waals surface area contributed by atoms with Gasteiger partial charge in [0.15, 0.2) is 0 Å². The summed E-state index contributed by atoms with van der Waals surface area (Å²) in [6.07, 6.45) is 1.40. The molecule has 0 saturated carbocycles. The van der Waals surface area contributed by atoms with Crippen LogP contribution in [0.25, 0.3) is 16.7 Å². The van der Waals surface area contributed by atoms with Crippen LogP contribution in [0.15, 0.2) is 42.2 Å². The van der Waals surface area contributed by atoms with Gasteiger partial charge >= 0.3 is 0 Å². The van der Waals surface area contributed by atoms with Gasteiger partial charge in [-0.1, -0.05) is 30.7 Å². The van der Waals surface area contributed by atoms with Crippen molar-refractivity contribution in [2.75, 3.05) is 0 Å². The Balaban J connectivity index is 2.20. The lowest BCUT2D eigenvalue weighted by atomic mass is 9.81. The highest BCUT2D eigenvalue weighted by atomic mass is 35.5. The summed E-state index contributed by atoms with van der Waals surface area (Å²) in [4.78, 5) is 0. The van der Waals surface area contributed by atoms with Crippen LogP contribution in [-0.4, -0.2) is 16.3 Å². The number of benzene rings is 2. The molecule has 1 aliphatic rings. The molecule has 4 heteroatoms. The second kappa shape index (κ2) is 6.96. The SMILES string of the molecule is CCc1ccc(-c2ccc(Cl)cc2F)cc1C1=C(O)C(C)(C)OC(C)(C)C1. The van der Waals surface area contributed by atoms with E-state index in [9.17, 15) is 9.50 Å². The first kappa shape index (κ1) is 19.9. The van der Waals surface area contributed by atoms with E-state index in [2.05, 4.69) is 6.92 Å². The van der Waals surface area contributed by atoms with Crippen LogP contribution in [0, 0.1) is 5.82 Å². The Morgan fingerprint density at radius 2 is 1.78 bits per heavy atom. The maximum atomic E-state index is 14.4. The highest BCUT2D eigenvalue weighted by molar-refractivity contribution is 6.30. The molecule has 2 aromatic rings. The van der Waals surface area contributed by atoms with Crippen molar-refractivity contribution in [2.24, 2.45) is 0 Å². The third-order valence-corrected chi connectivity index (χ3v) is 5.28. The van der Waals surface area contributed by atoms with Crippen molar-refractivity contribution in [3.8, 4) is 11.1 Å². The predicted octanol–water partition coefficient (Wildman–Crippen LogP) is 6.96. The molecule has 0 aromatic heterocycles. The van der Waals surface area contributed by atoms with Crippen LogP contribution in [0.2, 0.25) is 5.02 Å². The Labute approximate surface area is 165 Å². The minimum atomic E-state index is -0.774. The molecule has 1 heterocycles. The summed E-state index contributed by atoms with van der Waals surface area (Å²) in [7, 11) is 0. The number of halogens is 2. The fraction of sp³-hybridized carbons (Fsp3) is 0.391. The normalized spacial score (nSPS) is 18.6. The van der Waals surface area contributed by atoms with Crippen molar-refractivity contribution in [2.45, 2.75) is 58.7 Å². The maximum absolute atomic E-state index is 14.4. The van der Waals surface area contributed by atoms with Gasteiger partial charge in [-0.3, -0.25) is 0 Å². The highest BCUT2D eigenvalue weighted by Crippen LogP contribution is 2.44. The molecule has 0 spiro atoms. The van der Waals surface area contributed by atoms with E-state index in [0.717, 1.165) is 28.7 Å². The number of aliphatic hydroxyl groups is 1. The molecule has 27 heavy (non-hydrogen) atoms. The van der Waals surface area contributed by atoms with Crippen molar-refractivity contribution < 1.29 is 14.2 Å². The van der Waals surface area contributed by atoms with Crippen molar-refractivity contribution in [3.05, 3.63) is 64.1 Å². The molecule has 0 radical (unpaired) electrons. The molecule has 1 N–H and O–H groups in total. The van der Waals surface area contributed by atoms with Gasteiger partial charge in [-0.05, 0) is 75.1 Å². The molecule has 0 unspecified atom stereocenters. The number of hydrogen-bond donors (Lipinski definition) is 1. The summed E-state index contributed by atoms with van der Waals surface area (Å²) in [5.41, 5.74) is 3.01. The van der Waals surface area contributed by atoms with Gasteiger partial charge in [0.25, 0.3) is 0 Å².